The van der Waals surface area contributed by atoms with E-state index in [1.165, 1.54) is 0 Å². The molecule has 27 heavy (non-hydrogen) atoms. The summed E-state index contributed by atoms with van der Waals surface area (Å²) < 4.78 is 11.9. The second-order valence-electron chi connectivity index (χ2n) is 7.09. The van der Waals surface area contributed by atoms with Gasteiger partial charge in [-0.05, 0) is 50.0 Å². The van der Waals surface area contributed by atoms with Gasteiger partial charge in [-0.15, -0.1) is 0 Å². The van der Waals surface area contributed by atoms with Gasteiger partial charge in [0.05, 0.1) is 11.7 Å². The first-order chi connectivity index (χ1) is 12.8. The fraction of sp³-hybridized carbons (Fsp3) is 0.471. The molecule has 10 heteroatoms. The number of hydrogen-bond acceptors (Lipinski definition) is 8. The number of aromatic nitrogens is 5. The minimum atomic E-state index is -0.506. The first-order valence-electron chi connectivity index (χ1n) is 8.70. The summed E-state index contributed by atoms with van der Waals surface area (Å²) in [6.07, 6.45) is 4.56. The number of nitrogens with one attached hydrogen (secondary N) is 1. The van der Waals surface area contributed by atoms with Gasteiger partial charge in [-0.2, -0.15) is 0 Å². The second kappa shape index (κ2) is 7.60. The Kier molecular flexibility index (Phi) is 5.24. The van der Waals surface area contributed by atoms with Crippen LogP contribution in [0.15, 0.2) is 23.1 Å². The standard InChI is InChI=1S/C17H23N7O3/c1-17(2,3)26-16(25)20-7-4-5-9-24-12-6-8-19-10-11(12)21-15(24)13-14(18)23-27-22-13/h6,8,10H,4-5,7,9H2,1-3H3,(H2,18,23)(H,20,25). The summed E-state index contributed by atoms with van der Waals surface area (Å²) in [4.78, 5) is 20.3. The smallest absolute Gasteiger partial charge is 0.407 e. The molecule has 0 aliphatic rings. The number of carbonyl (C=O) groups is 1. The van der Waals surface area contributed by atoms with Gasteiger partial charge >= 0.3 is 6.09 Å². The third-order valence-electron chi connectivity index (χ3n) is 3.75. The van der Waals surface area contributed by atoms with Crippen LogP contribution in [-0.2, 0) is 11.3 Å². The normalized spacial score (nSPS) is 11.7. The van der Waals surface area contributed by atoms with Crippen LogP contribution in [0.5, 0.6) is 0 Å². The maximum absolute atomic E-state index is 11.7. The lowest BCUT2D eigenvalue weighted by Gasteiger charge is -2.19. The van der Waals surface area contributed by atoms with Crippen molar-refractivity contribution < 1.29 is 14.2 Å². The van der Waals surface area contributed by atoms with E-state index in [1.807, 2.05) is 31.4 Å². The highest BCUT2D eigenvalue weighted by Crippen LogP contribution is 2.26. The van der Waals surface area contributed by atoms with Crippen LogP contribution >= 0.6 is 0 Å². The minimum Gasteiger partial charge on any atom is -0.444 e. The number of alkyl carbamates (subject to hydrolysis) is 1. The lowest BCUT2D eigenvalue weighted by atomic mass is 10.2. The number of rotatable bonds is 6. The molecule has 0 atom stereocenters. The Balaban J connectivity index is 1.65. The van der Waals surface area contributed by atoms with Gasteiger partial charge in [-0.1, -0.05) is 0 Å². The second-order valence-corrected chi connectivity index (χ2v) is 7.09. The fourth-order valence-electron chi connectivity index (χ4n) is 2.64. The fourth-order valence-corrected chi connectivity index (χ4v) is 2.64. The number of anilines is 1. The van der Waals surface area contributed by atoms with Crippen molar-refractivity contribution >= 4 is 22.9 Å². The average molecular weight is 373 g/mol. The van der Waals surface area contributed by atoms with E-state index in [-0.39, 0.29) is 5.82 Å². The molecule has 0 saturated carbocycles. The van der Waals surface area contributed by atoms with Gasteiger partial charge in [0.25, 0.3) is 0 Å². The monoisotopic (exact) mass is 373 g/mol. The van der Waals surface area contributed by atoms with Crippen molar-refractivity contribution in [2.24, 2.45) is 0 Å². The highest BCUT2D eigenvalue weighted by molar-refractivity contribution is 5.80. The van der Waals surface area contributed by atoms with Crippen LogP contribution in [0.2, 0.25) is 0 Å². The molecule has 1 amide bonds. The number of ether oxygens (including phenoxy) is 1. The zero-order valence-corrected chi connectivity index (χ0v) is 15.6. The Hall–Kier alpha value is -3.17. The number of imidazole rings is 1. The Bertz CT molecular complexity index is 926. The molecule has 3 N–H and O–H groups in total. The molecule has 0 radical (unpaired) electrons. The third kappa shape index (κ3) is 4.52. The van der Waals surface area contributed by atoms with Gasteiger partial charge < -0.3 is 20.4 Å². The Morgan fingerprint density at radius 2 is 2.15 bits per heavy atom. The van der Waals surface area contributed by atoms with E-state index in [9.17, 15) is 4.79 Å². The molecule has 10 nitrogen and oxygen atoms in total. The van der Waals surface area contributed by atoms with Crippen LogP contribution in [0.3, 0.4) is 0 Å². The van der Waals surface area contributed by atoms with Crippen LogP contribution < -0.4 is 11.1 Å². The molecular weight excluding hydrogens is 350 g/mol. The summed E-state index contributed by atoms with van der Waals surface area (Å²) in [6, 6.07) is 1.88. The number of unbranched alkanes of at least 4 members (excludes halogenated alkanes) is 1. The Morgan fingerprint density at radius 1 is 1.33 bits per heavy atom. The van der Waals surface area contributed by atoms with E-state index < -0.39 is 11.7 Å². The van der Waals surface area contributed by atoms with Gasteiger partial charge in [0, 0.05) is 19.3 Å². The molecule has 3 aromatic heterocycles. The maximum atomic E-state index is 11.7. The molecule has 0 spiro atoms. The zero-order chi connectivity index (χ0) is 19.4. The van der Waals surface area contributed by atoms with Crippen molar-refractivity contribution in [3.05, 3.63) is 18.5 Å². The van der Waals surface area contributed by atoms with E-state index in [1.54, 1.807) is 12.4 Å². The number of nitrogens with two attached hydrogens (primary N) is 1. The first-order valence-corrected chi connectivity index (χ1v) is 8.70. The molecule has 0 fully saturated rings. The van der Waals surface area contributed by atoms with Crippen LogP contribution in [-0.4, -0.2) is 43.1 Å². The van der Waals surface area contributed by atoms with E-state index in [2.05, 4.69) is 25.6 Å². The molecule has 0 aliphatic heterocycles. The van der Waals surface area contributed by atoms with E-state index in [4.69, 9.17) is 15.1 Å². The highest BCUT2D eigenvalue weighted by atomic mass is 16.6. The summed E-state index contributed by atoms with van der Waals surface area (Å²) in [5.74, 6) is 0.767. The molecule has 3 heterocycles. The van der Waals surface area contributed by atoms with Gasteiger partial charge in [0.2, 0.25) is 0 Å². The van der Waals surface area contributed by atoms with Gasteiger partial charge in [-0.25, -0.2) is 14.4 Å². The number of carbonyl (C=O) groups excluding carboxylic acids is 1. The molecule has 144 valence electrons. The van der Waals surface area contributed by atoms with E-state index in [0.717, 1.165) is 23.9 Å². The van der Waals surface area contributed by atoms with Gasteiger partial charge in [0.1, 0.15) is 11.1 Å². The number of pyridine rings is 1. The molecule has 0 aromatic carbocycles. The summed E-state index contributed by atoms with van der Waals surface area (Å²) in [5.41, 5.74) is 7.38. The number of amides is 1. The van der Waals surface area contributed by atoms with Crippen molar-refractivity contribution in [3.8, 4) is 11.5 Å². The molecule has 0 bridgehead atoms. The number of nitrogen functional groups attached to an aromatic ring is 1. The maximum Gasteiger partial charge on any atom is 0.407 e. The number of nitrogens with zero attached hydrogens (tertiary/aromatic N) is 5. The van der Waals surface area contributed by atoms with Crippen LogP contribution in [0, 0.1) is 0 Å². The van der Waals surface area contributed by atoms with Crippen molar-refractivity contribution in [1.82, 2.24) is 30.2 Å². The lowest BCUT2D eigenvalue weighted by Crippen LogP contribution is -2.33. The Morgan fingerprint density at radius 3 is 2.85 bits per heavy atom. The summed E-state index contributed by atoms with van der Waals surface area (Å²) in [5, 5.41) is 10.2. The minimum absolute atomic E-state index is 0.186. The molecule has 3 rings (SSSR count). The quantitative estimate of drug-likeness (QED) is 0.629. The van der Waals surface area contributed by atoms with Gasteiger partial charge in [-0.3, -0.25) is 4.98 Å². The predicted molar refractivity (Wildman–Crippen MR) is 98.7 cm³/mol. The summed E-state index contributed by atoms with van der Waals surface area (Å²) in [6.45, 7) is 6.68. The largest absolute Gasteiger partial charge is 0.444 e. The van der Waals surface area contributed by atoms with Crippen molar-refractivity contribution in [3.63, 3.8) is 0 Å². The lowest BCUT2D eigenvalue weighted by molar-refractivity contribution is 0.0527. The van der Waals surface area contributed by atoms with E-state index >= 15 is 0 Å². The molecule has 3 aromatic rings. The van der Waals surface area contributed by atoms with Crippen LogP contribution in [0.25, 0.3) is 22.6 Å². The number of aryl methyl sites for hydroxylation is 1. The first kappa shape index (κ1) is 18.6. The average Bonchev–Trinajstić information content (AvgIpc) is 3.16. The van der Waals surface area contributed by atoms with Crippen LogP contribution in [0.4, 0.5) is 10.6 Å². The molecule has 0 saturated heterocycles. The third-order valence-corrected chi connectivity index (χ3v) is 3.75. The number of hydrogen-bond donors (Lipinski definition) is 2. The summed E-state index contributed by atoms with van der Waals surface area (Å²) in [7, 11) is 0. The molecular formula is C17H23N7O3. The topological polar surface area (TPSA) is 134 Å². The van der Waals surface area contributed by atoms with Crippen molar-refractivity contribution in [2.45, 2.75) is 45.8 Å². The number of fused-ring (bicyclic) bond motifs is 1. The summed E-state index contributed by atoms with van der Waals surface area (Å²) >= 11 is 0. The van der Waals surface area contributed by atoms with E-state index in [0.29, 0.717) is 24.6 Å². The molecule has 0 aliphatic carbocycles. The van der Waals surface area contributed by atoms with Gasteiger partial charge in [0.15, 0.2) is 17.3 Å². The zero-order valence-electron chi connectivity index (χ0n) is 15.6. The predicted octanol–water partition coefficient (Wildman–Crippen LogP) is 2.37. The van der Waals surface area contributed by atoms with Crippen molar-refractivity contribution in [1.29, 1.82) is 0 Å². The molecule has 0 unspecified atom stereocenters. The highest BCUT2D eigenvalue weighted by Gasteiger charge is 2.19. The SMILES string of the molecule is CC(C)(C)OC(=O)NCCCCn1c(-c2nonc2N)nc2cnccc21. The van der Waals surface area contributed by atoms with Crippen LogP contribution in [0.1, 0.15) is 33.6 Å². The van der Waals surface area contributed by atoms with Crippen molar-refractivity contribution in [2.75, 3.05) is 12.3 Å². The Labute approximate surface area is 156 Å².